The summed E-state index contributed by atoms with van der Waals surface area (Å²) in [5.74, 6) is -0.791. The molecule has 1 rings (SSSR count). The smallest absolute Gasteiger partial charge is 0.305 e. The van der Waals surface area contributed by atoms with Crippen LogP contribution in [0.4, 0.5) is 5.69 Å². The lowest BCUT2D eigenvalue weighted by atomic mass is 10.2. The fourth-order valence-corrected chi connectivity index (χ4v) is 1.14. The highest BCUT2D eigenvalue weighted by molar-refractivity contribution is 5.67. The third kappa shape index (κ3) is 2.73. The van der Waals surface area contributed by atoms with Crippen molar-refractivity contribution >= 4 is 11.7 Å². The number of carboxylic acids is 1. The normalized spacial score (nSPS) is 9.86. The Morgan fingerprint density at radius 2 is 2.29 bits per heavy atom. The molecule has 0 aromatic carbocycles. The molecule has 0 unspecified atom stereocenters. The number of rotatable bonds is 4. The summed E-state index contributed by atoms with van der Waals surface area (Å²) in [6.07, 6.45) is 1.84. The maximum Gasteiger partial charge on any atom is 0.305 e. The van der Waals surface area contributed by atoms with Crippen molar-refractivity contribution < 1.29 is 9.90 Å². The number of pyridine rings is 1. The number of carboxylic acid groups (broad SMARTS) is 1. The molecule has 0 atom stereocenters. The van der Waals surface area contributed by atoms with Crippen molar-refractivity contribution in [1.82, 2.24) is 4.98 Å². The van der Waals surface area contributed by atoms with Gasteiger partial charge in [0.05, 0.1) is 6.42 Å². The summed E-state index contributed by atoms with van der Waals surface area (Å²) < 4.78 is 0. The molecule has 0 aliphatic heterocycles. The Morgan fingerprint density at radius 3 is 2.93 bits per heavy atom. The highest BCUT2D eigenvalue weighted by Gasteiger charge is 2.01. The quantitative estimate of drug-likeness (QED) is 0.764. The van der Waals surface area contributed by atoms with Crippen LogP contribution >= 0.6 is 0 Å². The number of aliphatic carboxylic acids is 1. The summed E-state index contributed by atoms with van der Waals surface area (Å²) in [5, 5.41) is 11.5. The molecule has 4 nitrogen and oxygen atoms in total. The highest BCUT2D eigenvalue weighted by Crippen LogP contribution is 2.15. The van der Waals surface area contributed by atoms with Crippen LogP contribution in [0.3, 0.4) is 0 Å². The summed E-state index contributed by atoms with van der Waals surface area (Å²) in [7, 11) is 0. The van der Waals surface area contributed by atoms with Crippen LogP contribution < -0.4 is 5.32 Å². The molecule has 0 aliphatic rings. The van der Waals surface area contributed by atoms with Gasteiger partial charge in [0.2, 0.25) is 0 Å². The second kappa shape index (κ2) is 4.60. The standard InChI is InChI=1S/C10H14N2O2/c1-7-8(2)11-5-3-9(7)12-6-4-10(13)14/h3,5H,4,6H2,1-2H3,(H,11,12)(H,13,14). The molecule has 0 aliphatic carbocycles. The number of aryl methyl sites for hydroxylation is 1. The Balaban J connectivity index is 2.59. The average molecular weight is 194 g/mol. The number of aromatic nitrogens is 1. The fraction of sp³-hybridized carbons (Fsp3) is 0.400. The first-order valence-electron chi connectivity index (χ1n) is 4.49. The van der Waals surface area contributed by atoms with Crippen LogP contribution in [0.2, 0.25) is 0 Å². The number of nitrogens with one attached hydrogen (secondary N) is 1. The molecule has 0 radical (unpaired) electrons. The zero-order valence-corrected chi connectivity index (χ0v) is 8.37. The van der Waals surface area contributed by atoms with Crippen LogP contribution in [-0.4, -0.2) is 22.6 Å². The van der Waals surface area contributed by atoms with E-state index in [1.807, 2.05) is 19.9 Å². The van der Waals surface area contributed by atoms with Gasteiger partial charge in [-0.3, -0.25) is 9.78 Å². The van der Waals surface area contributed by atoms with Crippen LogP contribution in [0.15, 0.2) is 12.3 Å². The molecule has 4 heteroatoms. The molecule has 76 valence electrons. The van der Waals surface area contributed by atoms with Crippen LogP contribution in [0.25, 0.3) is 0 Å². The zero-order chi connectivity index (χ0) is 10.6. The van der Waals surface area contributed by atoms with E-state index in [1.54, 1.807) is 6.20 Å². The molecule has 1 aromatic rings. The van der Waals surface area contributed by atoms with Gasteiger partial charge in [0.1, 0.15) is 0 Å². The van der Waals surface area contributed by atoms with Gasteiger partial charge in [-0.2, -0.15) is 0 Å². The predicted molar refractivity (Wildman–Crippen MR) is 54.5 cm³/mol. The van der Waals surface area contributed by atoms with Crippen molar-refractivity contribution in [3.63, 3.8) is 0 Å². The summed E-state index contributed by atoms with van der Waals surface area (Å²) in [6, 6.07) is 1.85. The van der Waals surface area contributed by atoms with E-state index < -0.39 is 5.97 Å². The van der Waals surface area contributed by atoms with Crippen molar-refractivity contribution in [2.24, 2.45) is 0 Å². The van der Waals surface area contributed by atoms with E-state index in [9.17, 15) is 4.79 Å². The molecule has 1 aromatic heterocycles. The minimum atomic E-state index is -0.791. The van der Waals surface area contributed by atoms with Crippen molar-refractivity contribution in [3.8, 4) is 0 Å². The van der Waals surface area contributed by atoms with Gasteiger partial charge in [-0.15, -0.1) is 0 Å². The van der Waals surface area contributed by atoms with E-state index in [-0.39, 0.29) is 6.42 Å². The summed E-state index contributed by atoms with van der Waals surface area (Å²) in [4.78, 5) is 14.4. The second-order valence-corrected chi connectivity index (χ2v) is 3.14. The van der Waals surface area contributed by atoms with E-state index in [4.69, 9.17) is 5.11 Å². The molecule has 0 amide bonds. The van der Waals surface area contributed by atoms with Crippen LogP contribution in [0.5, 0.6) is 0 Å². The molecule has 2 N–H and O–H groups in total. The Hall–Kier alpha value is -1.58. The molecular weight excluding hydrogens is 180 g/mol. The predicted octanol–water partition coefficient (Wildman–Crippen LogP) is 1.59. The fourth-order valence-electron chi connectivity index (χ4n) is 1.14. The number of hydrogen-bond acceptors (Lipinski definition) is 3. The maximum atomic E-state index is 10.3. The lowest BCUT2D eigenvalue weighted by molar-refractivity contribution is -0.136. The van der Waals surface area contributed by atoms with E-state index in [2.05, 4.69) is 10.3 Å². The molecule has 0 saturated heterocycles. The van der Waals surface area contributed by atoms with Gasteiger partial charge in [-0.05, 0) is 25.5 Å². The van der Waals surface area contributed by atoms with Crippen LogP contribution in [0, 0.1) is 13.8 Å². The summed E-state index contributed by atoms with van der Waals surface area (Å²) >= 11 is 0. The van der Waals surface area contributed by atoms with E-state index in [1.165, 1.54) is 0 Å². The summed E-state index contributed by atoms with van der Waals surface area (Å²) in [6.45, 7) is 4.34. The lowest BCUT2D eigenvalue weighted by Crippen LogP contribution is -2.08. The number of carbonyl (C=O) groups is 1. The van der Waals surface area contributed by atoms with Gasteiger partial charge in [0.25, 0.3) is 0 Å². The van der Waals surface area contributed by atoms with Gasteiger partial charge in [-0.25, -0.2) is 0 Å². The highest BCUT2D eigenvalue weighted by atomic mass is 16.4. The molecule has 0 spiro atoms. The van der Waals surface area contributed by atoms with Crippen molar-refractivity contribution in [2.75, 3.05) is 11.9 Å². The molecular formula is C10H14N2O2. The topological polar surface area (TPSA) is 62.2 Å². The Labute approximate surface area is 83.0 Å². The SMILES string of the molecule is Cc1nccc(NCCC(=O)O)c1C. The maximum absolute atomic E-state index is 10.3. The molecule has 0 fully saturated rings. The molecule has 14 heavy (non-hydrogen) atoms. The number of nitrogens with zero attached hydrogens (tertiary/aromatic N) is 1. The third-order valence-electron chi connectivity index (χ3n) is 2.11. The van der Waals surface area contributed by atoms with Crippen LogP contribution in [0.1, 0.15) is 17.7 Å². The number of hydrogen-bond donors (Lipinski definition) is 2. The van der Waals surface area contributed by atoms with Gasteiger partial charge in [0, 0.05) is 24.1 Å². The number of anilines is 1. The van der Waals surface area contributed by atoms with Crippen molar-refractivity contribution in [3.05, 3.63) is 23.5 Å². The molecule has 1 heterocycles. The first-order chi connectivity index (χ1) is 6.61. The first-order valence-corrected chi connectivity index (χ1v) is 4.49. The molecule has 0 bridgehead atoms. The minimum absolute atomic E-state index is 0.126. The second-order valence-electron chi connectivity index (χ2n) is 3.14. The van der Waals surface area contributed by atoms with Gasteiger partial charge in [-0.1, -0.05) is 0 Å². The van der Waals surface area contributed by atoms with E-state index in [0.29, 0.717) is 6.54 Å². The molecule has 0 saturated carbocycles. The Kier molecular flexibility index (Phi) is 3.45. The van der Waals surface area contributed by atoms with Gasteiger partial charge >= 0.3 is 5.97 Å². The average Bonchev–Trinajstić information content (AvgIpc) is 2.12. The summed E-state index contributed by atoms with van der Waals surface area (Å²) in [5.41, 5.74) is 2.99. The van der Waals surface area contributed by atoms with Gasteiger partial charge < -0.3 is 10.4 Å². The minimum Gasteiger partial charge on any atom is -0.481 e. The van der Waals surface area contributed by atoms with Crippen molar-refractivity contribution in [1.29, 1.82) is 0 Å². The third-order valence-corrected chi connectivity index (χ3v) is 2.11. The monoisotopic (exact) mass is 194 g/mol. The first kappa shape index (κ1) is 10.5. The van der Waals surface area contributed by atoms with Gasteiger partial charge in [0.15, 0.2) is 0 Å². The Morgan fingerprint density at radius 1 is 1.57 bits per heavy atom. The lowest BCUT2D eigenvalue weighted by Gasteiger charge is -2.09. The van der Waals surface area contributed by atoms with E-state index >= 15 is 0 Å². The largest absolute Gasteiger partial charge is 0.481 e. The Bertz CT molecular complexity index is 337. The van der Waals surface area contributed by atoms with Crippen LogP contribution in [-0.2, 0) is 4.79 Å². The van der Waals surface area contributed by atoms with E-state index in [0.717, 1.165) is 16.9 Å². The van der Waals surface area contributed by atoms with Crippen molar-refractivity contribution in [2.45, 2.75) is 20.3 Å². The zero-order valence-electron chi connectivity index (χ0n) is 8.37.